The van der Waals surface area contributed by atoms with Crippen molar-refractivity contribution in [2.24, 2.45) is 0 Å². The minimum absolute atomic E-state index is 0. The molecule has 11 heteroatoms. The second-order valence-corrected chi connectivity index (χ2v) is 8.47. The lowest BCUT2D eigenvalue weighted by Crippen LogP contribution is -2.59. The van der Waals surface area contributed by atoms with Crippen LogP contribution in [0.5, 0.6) is 5.75 Å². The average Bonchev–Trinajstić information content (AvgIpc) is 3.26. The van der Waals surface area contributed by atoms with Gasteiger partial charge in [0.05, 0.1) is 25.5 Å². The number of methoxy groups -OCH3 is 1. The summed E-state index contributed by atoms with van der Waals surface area (Å²) >= 11 is 0. The lowest BCUT2D eigenvalue weighted by molar-refractivity contribution is -0.117. The summed E-state index contributed by atoms with van der Waals surface area (Å²) < 4.78 is 34.3. The fourth-order valence-corrected chi connectivity index (χ4v) is 4.44. The van der Waals surface area contributed by atoms with Crippen LogP contribution < -0.4 is 20.3 Å². The Morgan fingerprint density at radius 1 is 1.17 bits per heavy atom. The number of rotatable bonds is 6. The van der Waals surface area contributed by atoms with E-state index in [2.05, 4.69) is 20.7 Å². The maximum absolute atomic E-state index is 14.0. The van der Waals surface area contributed by atoms with E-state index >= 15 is 0 Å². The van der Waals surface area contributed by atoms with Crippen molar-refractivity contribution in [3.8, 4) is 5.75 Å². The number of amides is 1. The number of carbonyl (C=O) groups is 1. The van der Waals surface area contributed by atoms with Crippen LogP contribution in [0.25, 0.3) is 0 Å². The first-order valence-electron chi connectivity index (χ1n) is 11.1. The standard InChI is InChI=1S/C23H25F2N7O2.CH4/c1-13-20-22(32-6-5-26-10-18(32)23(33)30-20)29-19(28-13)4-3-14-9-27-31(11-14)12-15-7-16(24)21(34-2)17(25)8-15;/h7-9,11,18,26H,3-6,10,12H2,1-2H3,(H,30,33);1H4/t18-;/m1./s1. The van der Waals surface area contributed by atoms with Gasteiger partial charge in [0.25, 0.3) is 0 Å². The highest BCUT2D eigenvalue weighted by molar-refractivity contribution is 6.03. The van der Waals surface area contributed by atoms with Gasteiger partial charge in [-0.05, 0) is 36.6 Å². The predicted molar refractivity (Wildman–Crippen MR) is 128 cm³/mol. The van der Waals surface area contributed by atoms with Crippen molar-refractivity contribution < 1.29 is 18.3 Å². The zero-order valence-electron chi connectivity index (χ0n) is 18.9. The molecule has 0 unspecified atom stereocenters. The zero-order chi connectivity index (χ0) is 23.8. The summed E-state index contributed by atoms with van der Waals surface area (Å²) in [5, 5.41) is 10.5. The minimum Gasteiger partial charge on any atom is -0.491 e. The highest BCUT2D eigenvalue weighted by Crippen LogP contribution is 2.33. The second kappa shape index (κ2) is 9.95. The monoisotopic (exact) mass is 485 g/mol. The quantitative estimate of drug-likeness (QED) is 0.554. The fraction of sp³-hybridized carbons (Fsp3) is 0.417. The normalized spacial score (nSPS) is 16.7. The van der Waals surface area contributed by atoms with E-state index in [4.69, 9.17) is 9.72 Å². The van der Waals surface area contributed by atoms with Gasteiger partial charge in [-0.2, -0.15) is 5.10 Å². The molecule has 1 atom stereocenters. The molecular formula is C24H29F2N7O2. The van der Waals surface area contributed by atoms with E-state index in [0.717, 1.165) is 23.6 Å². The largest absolute Gasteiger partial charge is 0.491 e. The van der Waals surface area contributed by atoms with Crippen molar-refractivity contribution in [2.75, 3.05) is 37.0 Å². The van der Waals surface area contributed by atoms with Gasteiger partial charge in [-0.15, -0.1) is 0 Å². The first kappa shape index (κ1) is 24.5. The van der Waals surface area contributed by atoms with Gasteiger partial charge in [-0.3, -0.25) is 9.48 Å². The van der Waals surface area contributed by atoms with E-state index in [9.17, 15) is 13.6 Å². The van der Waals surface area contributed by atoms with E-state index in [-0.39, 0.29) is 25.9 Å². The Balaban J connectivity index is 0.00000289. The van der Waals surface area contributed by atoms with Gasteiger partial charge in [0.1, 0.15) is 17.6 Å². The number of halogens is 2. The summed E-state index contributed by atoms with van der Waals surface area (Å²) in [4.78, 5) is 23.8. The van der Waals surface area contributed by atoms with Crippen molar-refractivity contribution in [1.82, 2.24) is 25.1 Å². The number of anilines is 2. The third kappa shape index (κ3) is 4.81. The molecule has 0 spiro atoms. The third-order valence-electron chi connectivity index (χ3n) is 6.11. The molecule has 0 aliphatic carbocycles. The molecule has 1 aromatic carbocycles. The Kier molecular flexibility index (Phi) is 6.97. The Labute approximate surface area is 202 Å². The van der Waals surface area contributed by atoms with Gasteiger partial charge in [0, 0.05) is 32.3 Å². The summed E-state index contributed by atoms with van der Waals surface area (Å²) in [5.74, 6) is -0.454. The molecule has 3 aromatic rings. The zero-order valence-corrected chi connectivity index (χ0v) is 18.9. The summed E-state index contributed by atoms with van der Waals surface area (Å²) in [5.41, 5.74) is 2.83. The molecule has 2 N–H and O–H groups in total. The molecule has 0 saturated carbocycles. The first-order valence-corrected chi connectivity index (χ1v) is 11.1. The maximum Gasteiger partial charge on any atom is 0.248 e. The molecule has 2 aromatic heterocycles. The highest BCUT2D eigenvalue weighted by Gasteiger charge is 2.36. The van der Waals surface area contributed by atoms with Crippen LogP contribution in [-0.2, 0) is 24.2 Å². The number of nitrogens with one attached hydrogen (secondary N) is 2. The molecule has 1 fully saturated rings. The first-order chi connectivity index (χ1) is 16.4. The lowest BCUT2D eigenvalue weighted by atomic mass is 10.1. The van der Waals surface area contributed by atoms with Crippen LogP contribution in [0.2, 0.25) is 0 Å². The number of ether oxygens (including phenoxy) is 1. The molecule has 1 saturated heterocycles. The summed E-state index contributed by atoms with van der Waals surface area (Å²) in [6.45, 7) is 4.20. The molecule has 9 nitrogen and oxygen atoms in total. The lowest BCUT2D eigenvalue weighted by Gasteiger charge is -2.40. The maximum atomic E-state index is 14.0. The van der Waals surface area contributed by atoms with Crippen molar-refractivity contribution in [3.63, 3.8) is 0 Å². The number of benzene rings is 1. The van der Waals surface area contributed by atoms with Gasteiger partial charge in [-0.25, -0.2) is 18.7 Å². The number of aromatic nitrogens is 4. The number of aryl methyl sites for hydroxylation is 3. The van der Waals surface area contributed by atoms with E-state index < -0.39 is 17.4 Å². The smallest absolute Gasteiger partial charge is 0.248 e. The molecule has 2 aliphatic rings. The Morgan fingerprint density at radius 3 is 2.69 bits per heavy atom. The topological polar surface area (TPSA) is 97.2 Å². The number of hydrogen-bond acceptors (Lipinski definition) is 7. The van der Waals surface area contributed by atoms with Crippen LogP contribution in [0.4, 0.5) is 20.3 Å². The van der Waals surface area contributed by atoms with Crippen LogP contribution >= 0.6 is 0 Å². The van der Waals surface area contributed by atoms with Crippen LogP contribution in [0.1, 0.15) is 30.1 Å². The van der Waals surface area contributed by atoms with Crippen molar-refractivity contribution in [1.29, 1.82) is 0 Å². The van der Waals surface area contributed by atoms with Crippen LogP contribution in [0.3, 0.4) is 0 Å². The van der Waals surface area contributed by atoms with Crippen LogP contribution in [0.15, 0.2) is 24.5 Å². The Hall–Kier alpha value is -3.60. The molecule has 0 bridgehead atoms. The van der Waals surface area contributed by atoms with Gasteiger partial charge >= 0.3 is 0 Å². The second-order valence-electron chi connectivity index (χ2n) is 8.47. The van der Waals surface area contributed by atoms with E-state index in [0.29, 0.717) is 43.0 Å². The van der Waals surface area contributed by atoms with Crippen LogP contribution in [-0.4, -0.2) is 58.4 Å². The average molecular weight is 486 g/mol. The van der Waals surface area contributed by atoms with Gasteiger partial charge < -0.3 is 20.3 Å². The fourth-order valence-electron chi connectivity index (χ4n) is 4.44. The van der Waals surface area contributed by atoms with Gasteiger partial charge in [0.2, 0.25) is 5.91 Å². The predicted octanol–water partition coefficient (Wildman–Crippen LogP) is 2.47. The molecule has 1 amide bonds. The SMILES string of the molecule is C.COc1c(F)cc(Cn2cc(CCc3nc(C)c4c(n3)N3CCNC[C@@H]3C(=O)N4)cn2)cc1F. The molecule has 5 rings (SSSR count). The highest BCUT2D eigenvalue weighted by atomic mass is 19.1. The Morgan fingerprint density at radius 2 is 1.94 bits per heavy atom. The molecular weight excluding hydrogens is 456 g/mol. The van der Waals surface area contributed by atoms with Crippen LogP contribution in [0, 0.1) is 18.6 Å². The van der Waals surface area contributed by atoms with E-state index in [1.54, 1.807) is 10.9 Å². The molecule has 2 aliphatic heterocycles. The summed E-state index contributed by atoms with van der Waals surface area (Å²) in [6.07, 6.45) is 4.82. The minimum atomic E-state index is -0.743. The van der Waals surface area contributed by atoms with Crippen molar-refractivity contribution in [2.45, 2.75) is 39.8 Å². The summed E-state index contributed by atoms with van der Waals surface area (Å²) in [7, 11) is 1.23. The van der Waals surface area contributed by atoms with E-state index in [1.165, 1.54) is 19.2 Å². The summed E-state index contributed by atoms with van der Waals surface area (Å²) in [6, 6.07) is 2.22. The Bertz CT molecular complexity index is 1220. The van der Waals surface area contributed by atoms with Gasteiger partial charge in [-0.1, -0.05) is 7.43 Å². The molecule has 186 valence electrons. The molecule has 0 radical (unpaired) electrons. The third-order valence-corrected chi connectivity index (χ3v) is 6.11. The molecule has 35 heavy (non-hydrogen) atoms. The number of hydrogen-bond donors (Lipinski definition) is 2. The number of nitrogens with zero attached hydrogens (tertiary/aromatic N) is 5. The number of piperazine rings is 1. The van der Waals surface area contributed by atoms with Crippen molar-refractivity contribution >= 4 is 17.4 Å². The number of carbonyl (C=O) groups excluding carboxylic acids is 1. The van der Waals surface area contributed by atoms with Gasteiger partial charge in [0.15, 0.2) is 23.2 Å². The number of fused-ring (bicyclic) bond motifs is 3. The van der Waals surface area contributed by atoms with Crippen molar-refractivity contribution in [3.05, 3.63) is 58.8 Å². The van der Waals surface area contributed by atoms with E-state index in [1.807, 2.05) is 18.0 Å². The molecule has 4 heterocycles.